The van der Waals surface area contributed by atoms with Crippen molar-refractivity contribution in [1.29, 1.82) is 0 Å². The number of aryl methyl sites for hydroxylation is 1. The molecule has 1 aromatic heterocycles. The topological polar surface area (TPSA) is 59.2 Å². The van der Waals surface area contributed by atoms with E-state index < -0.39 is 41.0 Å². The first-order valence-corrected chi connectivity index (χ1v) is 6.20. The van der Waals surface area contributed by atoms with E-state index >= 15 is 0 Å². The maximum Gasteiger partial charge on any atom is 0.433 e. The van der Waals surface area contributed by atoms with Gasteiger partial charge in [-0.15, -0.1) is 0 Å². The van der Waals surface area contributed by atoms with Crippen molar-refractivity contribution >= 4 is 17.5 Å². The molecule has 2 amide bonds. The summed E-state index contributed by atoms with van der Waals surface area (Å²) >= 11 is 0. The fourth-order valence-electron chi connectivity index (χ4n) is 1.95. The standard InChI is InChI=1S/C14H10F5N3O/c1-7-5-10(14(17,18)19)21-11(6-7)22(13(20)23)12-8(15)3-2-4-9(12)16/h2-6H,1H3,(H2,20,23). The Morgan fingerprint density at radius 2 is 1.74 bits per heavy atom. The summed E-state index contributed by atoms with van der Waals surface area (Å²) in [6, 6.07) is 3.15. The molecule has 4 nitrogen and oxygen atoms in total. The van der Waals surface area contributed by atoms with Crippen LogP contribution in [-0.4, -0.2) is 11.0 Å². The van der Waals surface area contributed by atoms with E-state index in [1.807, 2.05) is 0 Å². The van der Waals surface area contributed by atoms with E-state index in [9.17, 15) is 26.7 Å². The van der Waals surface area contributed by atoms with E-state index in [4.69, 9.17) is 5.73 Å². The number of rotatable bonds is 2. The molecule has 0 radical (unpaired) electrons. The first kappa shape index (κ1) is 16.7. The van der Waals surface area contributed by atoms with E-state index in [0.29, 0.717) is 0 Å². The molecule has 0 fully saturated rings. The number of aromatic nitrogens is 1. The summed E-state index contributed by atoms with van der Waals surface area (Å²) in [5.41, 5.74) is 2.96. The fraction of sp³-hybridized carbons (Fsp3) is 0.143. The number of para-hydroxylation sites is 1. The summed E-state index contributed by atoms with van der Waals surface area (Å²) in [7, 11) is 0. The van der Waals surface area contributed by atoms with Gasteiger partial charge in [-0.25, -0.2) is 23.5 Å². The molecule has 0 saturated heterocycles. The summed E-state index contributed by atoms with van der Waals surface area (Å²) in [5.74, 6) is -2.96. The molecule has 0 saturated carbocycles. The zero-order valence-electron chi connectivity index (χ0n) is 11.7. The van der Waals surface area contributed by atoms with Crippen molar-refractivity contribution in [3.63, 3.8) is 0 Å². The van der Waals surface area contributed by atoms with E-state index in [0.717, 1.165) is 30.3 Å². The number of primary amides is 1. The Kier molecular flexibility index (Phi) is 4.22. The number of pyridine rings is 1. The molecule has 23 heavy (non-hydrogen) atoms. The molecule has 2 rings (SSSR count). The van der Waals surface area contributed by atoms with Gasteiger partial charge in [0.15, 0.2) is 0 Å². The van der Waals surface area contributed by atoms with Crippen molar-refractivity contribution in [3.05, 3.63) is 53.2 Å². The van der Waals surface area contributed by atoms with Crippen LogP contribution >= 0.6 is 0 Å². The van der Waals surface area contributed by atoms with E-state index in [2.05, 4.69) is 4.98 Å². The molecule has 0 spiro atoms. The predicted molar refractivity (Wildman–Crippen MR) is 72.1 cm³/mol. The predicted octanol–water partition coefficient (Wildman–Crippen LogP) is 3.90. The Morgan fingerprint density at radius 1 is 1.17 bits per heavy atom. The van der Waals surface area contributed by atoms with Crippen LogP contribution in [0.25, 0.3) is 0 Å². The highest BCUT2D eigenvalue weighted by Crippen LogP contribution is 2.33. The third kappa shape index (κ3) is 3.38. The Balaban J connectivity index is 2.69. The molecular formula is C14H10F5N3O. The largest absolute Gasteiger partial charge is 0.433 e. The Hall–Kier alpha value is -2.71. The number of anilines is 2. The number of carbonyl (C=O) groups is 1. The number of hydrogen-bond donors (Lipinski definition) is 1. The summed E-state index contributed by atoms with van der Waals surface area (Å²) < 4.78 is 66.2. The van der Waals surface area contributed by atoms with Crippen LogP contribution in [-0.2, 0) is 6.18 Å². The van der Waals surface area contributed by atoms with Gasteiger partial charge < -0.3 is 5.73 Å². The highest BCUT2D eigenvalue weighted by molar-refractivity contribution is 5.97. The lowest BCUT2D eigenvalue weighted by Gasteiger charge is -2.22. The van der Waals surface area contributed by atoms with Crippen LogP contribution in [0.4, 0.5) is 38.3 Å². The van der Waals surface area contributed by atoms with Gasteiger partial charge in [-0.05, 0) is 36.8 Å². The molecule has 0 aliphatic heterocycles. The zero-order chi connectivity index (χ0) is 17.4. The van der Waals surface area contributed by atoms with E-state index in [-0.39, 0.29) is 10.5 Å². The monoisotopic (exact) mass is 331 g/mol. The van der Waals surface area contributed by atoms with Crippen LogP contribution < -0.4 is 10.6 Å². The smallest absolute Gasteiger partial charge is 0.351 e. The van der Waals surface area contributed by atoms with Crippen LogP contribution in [0.1, 0.15) is 11.3 Å². The molecule has 122 valence electrons. The SMILES string of the molecule is Cc1cc(N(C(N)=O)c2c(F)cccc2F)nc(C(F)(F)F)c1. The number of urea groups is 1. The number of hydrogen-bond acceptors (Lipinski definition) is 2. The molecule has 2 N–H and O–H groups in total. The van der Waals surface area contributed by atoms with Crippen molar-refractivity contribution in [2.45, 2.75) is 13.1 Å². The summed E-state index contributed by atoms with van der Waals surface area (Å²) in [6.45, 7) is 1.32. The second-order valence-corrected chi connectivity index (χ2v) is 4.63. The third-order valence-electron chi connectivity index (χ3n) is 2.86. The summed E-state index contributed by atoms with van der Waals surface area (Å²) in [4.78, 5) is 15.1. The molecule has 0 atom stereocenters. The highest BCUT2D eigenvalue weighted by Gasteiger charge is 2.34. The van der Waals surface area contributed by atoms with Gasteiger partial charge in [-0.2, -0.15) is 13.2 Å². The number of amides is 2. The molecule has 0 aliphatic rings. The number of benzene rings is 1. The Morgan fingerprint density at radius 3 is 2.22 bits per heavy atom. The second kappa shape index (κ2) is 5.82. The average Bonchev–Trinajstić information content (AvgIpc) is 2.40. The van der Waals surface area contributed by atoms with Crippen LogP contribution in [0.15, 0.2) is 30.3 Å². The summed E-state index contributed by atoms with van der Waals surface area (Å²) in [5, 5.41) is 0. The number of nitrogens with zero attached hydrogens (tertiary/aromatic N) is 2. The van der Waals surface area contributed by atoms with Crippen molar-refractivity contribution in [2.75, 3.05) is 4.90 Å². The van der Waals surface area contributed by atoms with Crippen molar-refractivity contribution in [2.24, 2.45) is 5.73 Å². The van der Waals surface area contributed by atoms with E-state index in [1.165, 1.54) is 6.92 Å². The molecule has 1 heterocycles. The normalized spacial score (nSPS) is 11.4. The Bertz CT molecular complexity index is 740. The van der Waals surface area contributed by atoms with Crippen LogP contribution in [0.5, 0.6) is 0 Å². The zero-order valence-corrected chi connectivity index (χ0v) is 11.7. The minimum atomic E-state index is -4.79. The number of nitrogens with two attached hydrogens (primary N) is 1. The summed E-state index contributed by atoms with van der Waals surface area (Å²) in [6.07, 6.45) is -4.79. The average molecular weight is 331 g/mol. The van der Waals surface area contributed by atoms with Crippen molar-refractivity contribution in [1.82, 2.24) is 4.98 Å². The van der Waals surface area contributed by atoms with Crippen molar-refractivity contribution < 1.29 is 26.7 Å². The van der Waals surface area contributed by atoms with Gasteiger partial charge in [-0.3, -0.25) is 0 Å². The molecular weight excluding hydrogens is 321 g/mol. The molecule has 2 aromatic rings. The first-order chi connectivity index (χ1) is 10.6. The number of halogens is 5. The maximum absolute atomic E-state index is 13.8. The van der Waals surface area contributed by atoms with Gasteiger partial charge in [0.1, 0.15) is 28.8 Å². The molecule has 9 heteroatoms. The second-order valence-electron chi connectivity index (χ2n) is 4.63. The molecule has 0 unspecified atom stereocenters. The number of alkyl halides is 3. The lowest BCUT2D eigenvalue weighted by atomic mass is 10.2. The van der Waals surface area contributed by atoms with Gasteiger partial charge in [-0.1, -0.05) is 6.07 Å². The Labute approximate surface area is 127 Å². The van der Waals surface area contributed by atoms with E-state index in [1.54, 1.807) is 0 Å². The van der Waals surface area contributed by atoms with Gasteiger partial charge in [0, 0.05) is 0 Å². The van der Waals surface area contributed by atoms with Crippen LogP contribution in [0.2, 0.25) is 0 Å². The molecule has 1 aromatic carbocycles. The van der Waals surface area contributed by atoms with Gasteiger partial charge >= 0.3 is 12.2 Å². The third-order valence-corrected chi connectivity index (χ3v) is 2.86. The minimum absolute atomic E-state index is 0.0883. The van der Waals surface area contributed by atoms with Gasteiger partial charge in [0.05, 0.1) is 0 Å². The van der Waals surface area contributed by atoms with Crippen LogP contribution in [0.3, 0.4) is 0 Å². The van der Waals surface area contributed by atoms with Gasteiger partial charge in [0.25, 0.3) is 0 Å². The van der Waals surface area contributed by atoms with Crippen molar-refractivity contribution in [3.8, 4) is 0 Å². The lowest BCUT2D eigenvalue weighted by Crippen LogP contribution is -2.34. The molecule has 0 bridgehead atoms. The van der Waals surface area contributed by atoms with Crippen LogP contribution in [0, 0.1) is 18.6 Å². The maximum atomic E-state index is 13.8. The quantitative estimate of drug-likeness (QED) is 0.849. The minimum Gasteiger partial charge on any atom is -0.351 e. The molecule has 0 aliphatic carbocycles. The lowest BCUT2D eigenvalue weighted by molar-refractivity contribution is -0.141. The highest BCUT2D eigenvalue weighted by atomic mass is 19.4. The first-order valence-electron chi connectivity index (χ1n) is 6.20. The van der Waals surface area contributed by atoms with Gasteiger partial charge in [0.2, 0.25) is 0 Å². The fourth-order valence-corrected chi connectivity index (χ4v) is 1.95. The number of carbonyl (C=O) groups excluding carboxylic acids is 1.